The molecule has 0 saturated heterocycles. The van der Waals surface area contributed by atoms with Crippen molar-refractivity contribution in [3.63, 3.8) is 0 Å². The smallest absolute Gasteiger partial charge is 0.282 e. The van der Waals surface area contributed by atoms with Crippen LogP contribution in [0.1, 0.15) is 44.8 Å². The minimum absolute atomic E-state index is 0.0715. The molecule has 1 aliphatic rings. The minimum Gasteiger partial charge on any atom is -0.347 e. The van der Waals surface area contributed by atoms with E-state index in [9.17, 15) is 24.5 Å². The van der Waals surface area contributed by atoms with Gasteiger partial charge < -0.3 is 5.32 Å². The van der Waals surface area contributed by atoms with Crippen LogP contribution in [-0.4, -0.2) is 33.6 Å². The molecule has 8 heteroatoms. The molecule has 2 unspecified atom stereocenters. The Morgan fingerprint density at radius 3 is 2.21 bits per heavy atom. The van der Waals surface area contributed by atoms with Gasteiger partial charge in [-0.15, -0.1) is 0 Å². The molecule has 8 nitrogen and oxygen atoms in total. The maximum absolute atomic E-state index is 13.2. The first-order valence-electron chi connectivity index (χ1n) is 10.4. The standard InChI is InChI=1S/C25H21N3O5/c1-16(27-24(30)19-13-8-14-21(28(32)33)22(19)25(27)31)23(29)26-20(18-11-6-3-7-12-18)15-17-9-4-2-5-10-17/h2-14,16,20H,15H2,1H3,(H,26,29). The van der Waals surface area contributed by atoms with Crippen molar-refractivity contribution in [2.75, 3.05) is 0 Å². The zero-order valence-electron chi connectivity index (χ0n) is 17.8. The molecule has 2 atom stereocenters. The summed E-state index contributed by atoms with van der Waals surface area (Å²) in [5.74, 6) is -2.10. The van der Waals surface area contributed by atoms with Gasteiger partial charge in [0.25, 0.3) is 17.5 Å². The van der Waals surface area contributed by atoms with E-state index in [2.05, 4.69) is 5.32 Å². The molecule has 33 heavy (non-hydrogen) atoms. The summed E-state index contributed by atoms with van der Waals surface area (Å²) in [4.78, 5) is 50.4. The lowest BCUT2D eigenvalue weighted by Gasteiger charge is -2.26. The highest BCUT2D eigenvalue weighted by Crippen LogP contribution is 2.32. The van der Waals surface area contributed by atoms with Crippen molar-refractivity contribution in [1.29, 1.82) is 0 Å². The lowest BCUT2D eigenvalue weighted by atomic mass is 9.98. The van der Waals surface area contributed by atoms with Gasteiger partial charge in [-0.2, -0.15) is 0 Å². The van der Waals surface area contributed by atoms with Crippen molar-refractivity contribution in [3.05, 3.63) is 111 Å². The van der Waals surface area contributed by atoms with E-state index in [1.165, 1.54) is 25.1 Å². The number of nitro benzene ring substituents is 1. The SMILES string of the molecule is CC(C(=O)NC(Cc1ccccc1)c1ccccc1)N1C(=O)c2cccc([N+](=O)[O-])c2C1=O. The van der Waals surface area contributed by atoms with Crippen molar-refractivity contribution < 1.29 is 19.3 Å². The van der Waals surface area contributed by atoms with E-state index < -0.39 is 40.4 Å². The van der Waals surface area contributed by atoms with Gasteiger partial charge in [-0.3, -0.25) is 29.4 Å². The lowest BCUT2D eigenvalue weighted by molar-refractivity contribution is -0.385. The highest BCUT2D eigenvalue weighted by Gasteiger charge is 2.45. The largest absolute Gasteiger partial charge is 0.347 e. The topological polar surface area (TPSA) is 110 Å². The third-order valence-electron chi connectivity index (χ3n) is 5.69. The second-order valence-electron chi connectivity index (χ2n) is 7.77. The molecule has 0 fully saturated rings. The number of fused-ring (bicyclic) bond motifs is 1. The Hall–Kier alpha value is -4.33. The number of nitrogens with one attached hydrogen (secondary N) is 1. The van der Waals surface area contributed by atoms with Gasteiger partial charge in [-0.1, -0.05) is 66.7 Å². The summed E-state index contributed by atoms with van der Waals surface area (Å²) >= 11 is 0. The second kappa shape index (κ2) is 9.04. The third kappa shape index (κ3) is 4.23. The molecule has 1 heterocycles. The van der Waals surface area contributed by atoms with Crippen molar-refractivity contribution in [3.8, 4) is 0 Å². The van der Waals surface area contributed by atoms with Crippen LogP contribution in [0.2, 0.25) is 0 Å². The highest BCUT2D eigenvalue weighted by molar-refractivity contribution is 6.24. The molecule has 3 aromatic rings. The molecule has 0 aliphatic carbocycles. The summed E-state index contributed by atoms with van der Waals surface area (Å²) < 4.78 is 0. The van der Waals surface area contributed by atoms with Crippen LogP contribution in [0.5, 0.6) is 0 Å². The molecular weight excluding hydrogens is 422 g/mol. The van der Waals surface area contributed by atoms with Gasteiger partial charge in [0.2, 0.25) is 5.91 Å². The van der Waals surface area contributed by atoms with Gasteiger partial charge in [0, 0.05) is 6.07 Å². The highest BCUT2D eigenvalue weighted by atomic mass is 16.6. The Morgan fingerprint density at radius 1 is 0.939 bits per heavy atom. The van der Waals surface area contributed by atoms with Crippen molar-refractivity contribution in [1.82, 2.24) is 10.2 Å². The third-order valence-corrected chi connectivity index (χ3v) is 5.69. The number of imide groups is 1. The van der Waals surface area contributed by atoms with Crippen molar-refractivity contribution in [2.24, 2.45) is 0 Å². The molecule has 1 aliphatic heterocycles. The van der Waals surface area contributed by atoms with E-state index in [4.69, 9.17) is 0 Å². The van der Waals surface area contributed by atoms with E-state index in [1.54, 1.807) is 0 Å². The van der Waals surface area contributed by atoms with Gasteiger partial charge in [0.1, 0.15) is 11.6 Å². The van der Waals surface area contributed by atoms with Crippen LogP contribution >= 0.6 is 0 Å². The number of benzene rings is 3. The minimum atomic E-state index is -1.15. The van der Waals surface area contributed by atoms with E-state index in [1.807, 2.05) is 60.7 Å². The Balaban J connectivity index is 1.59. The van der Waals surface area contributed by atoms with Crippen LogP contribution in [0.4, 0.5) is 5.69 Å². The van der Waals surface area contributed by atoms with Crippen molar-refractivity contribution >= 4 is 23.4 Å². The molecule has 0 spiro atoms. The number of rotatable bonds is 7. The summed E-state index contributed by atoms with van der Waals surface area (Å²) in [6.07, 6.45) is 0.511. The fourth-order valence-corrected chi connectivity index (χ4v) is 3.99. The zero-order chi connectivity index (χ0) is 23.5. The normalized spacial score (nSPS) is 14.5. The maximum Gasteiger partial charge on any atom is 0.282 e. The second-order valence-corrected chi connectivity index (χ2v) is 7.77. The maximum atomic E-state index is 13.2. The molecule has 0 saturated carbocycles. The number of nitrogens with zero attached hydrogens (tertiary/aromatic N) is 2. The molecular formula is C25H21N3O5. The molecule has 0 bridgehead atoms. The molecule has 0 aromatic heterocycles. The molecule has 1 N–H and O–H groups in total. The number of hydrogen-bond donors (Lipinski definition) is 1. The Morgan fingerprint density at radius 2 is 1.58 bits per heavy atom. The summed E-state index contributed by atoms with van der Waals surface area (Å²) in [6, 6.07) is 21.4. The summed E-state index contributed by atoms with van der Waals surface area (Å²) in [7, 11) is 0. The lowest BCUT2D eigenvalue weighted by Crippen LogP contribution is -2.48. The Bertz CT molecular complexity index is 1230. The summed E-state index contributed by atoms with van der Waals surface area (Å²) in [5.41, 5.74) is 1.08. The predicted octanol–water partition coefficient (Wildman–Crippen LogP) is 3.68. The van der Waals surface area contributed by atoms with Crippen LogP contribution < -0.4 is 5.32 Å². The van der Waals surface area contributed by atoms with Gasteiger partial charge in [0.05, 0.1) is 16.5 Å². The number of nitro groups is 1. The van der Waals surface area contributed by atoms with Crippen LogP contribution in [0, 0.1) is 10.1 Å². The van der Waals surface area contributed by atoms with Crippen molar-refractivity contribution in [2.45, 2.75) is 25.4 Å². The van der Waals surface area contributed by atoms with E-state index in [0.29, 0.717) is 6.42 Å². The van der Waals surface area contributed by atoms with Crippen LogP contribution in [0.25, 0.3) is 0 Å². The molecule has 3 aromatic carbocycles. The van der Waals surface area contributed by atoms with Crippen LogP contribution in [-0.2, 0) is 11.2 Å². The zero-order valence-corrected chi connectivity index (χ0v) is 17.8. The molecule has 0 radical (unpaired) electrons. The number of hydrogen-bond acceptors (Lipinski definition) is 5. The first kappa shape index (κ1) is 21.9. The summed E-state index contributed by atoms with van der Waals surface area (Å²) in [6.45, 7) is 1.44. The number of carbonyl (C=O) groups excluding carboxylic acids is 3. The molecule has 3 amide bonds. The van der Waals surface area contributed by atoms with Gasteiger partial charge >= 0.3 is 0 Å². The van der Waals surface area contributed by atoms with E-state index in [-0.39, 0.29) is 11.1 Å². The fraction of sp³-hybridized carbons (Fsp3) is 0.160. The molecule has 166 valence electrons. The van der Waals surface area contributed by atoms with Gasteiger partial charge in [-0.25, -0.2) is 0 Å². The van der Waals surface area contributed by atoms with Gasteiger partial charge in [-0.05, 0) is 30.5 Å². The summed E-state index contributed by atoms with van der Waals surface area (Å²) in [5, 5.41) is 14.3. The quantitative estimate of drug-likeness (QED) is 0.340. The van der Waals surface area contributed by atoms with E-state index in [0.717, 1.165) is 16.0 Å². The van der Waals surface area contributed by atoms with Gasteiger partial charge in [0.15, 0.2) is 0 Å². The number of carbonyl (C=O) groups is 3. The average molecular weight is 443 g/mol. The first-order valence-corrected chi connectivity index (χ1v) is 10.4. The first-order chi connectivity index (χ1) is 15.9. The molecule has 4 rings (SSSR count). The van der Waals surface area contributed by atoms with E-state index >= 15 is 0 Å². The Labute approximate surface area is 190 Å². The Kier molecular flexibility index (Phi) is 5.99. The van der Waals surface area contributed by atoms with Crippen LogP contribution in [0.3, 0.4) is 0 Å². The van der Waals surface area contributed by atoms with Crippen LogP contribution in [0.15, 0.2) is 78.9 Å². The fourth-order valence-electron chi connectivity index (χ4n) is 3.99. The number of amides is 3. The predicted molar refractivity (Wildman–Crippen MR) is 121 cm³/mol. The average Bonchev–Trinajstić information content (AvgIpc) is 3.09. The monoisotopic (exact) mass is 443 g/mol.